The first kappa shape index (κ1) is 11.6. The van der Waals surface area contributed by atoms with Gasteiger partial charge in [-0.25, -0.2) is 0 Å². The van der Waals surface area contributed by atoms with E-state index in [2.05, 4.69) is 13.5 Å². The number of hydrogen-bond acceptors (Lipinski definition) is 3. The van der Waals surface area contributed by atoms with Gasteiger partial charge in [0.15, 0.2) is 0 Å². The molecule has 0 saturated carbocycles. The van der Waals surface area contributed by atoms with E-state index < -0.39 is 5.97 Å². The van der Waals surface area contributed by atoms with Crippen LogP contribution in [0.25, 0.3) is 0 Å². The molecule has 1 fully saturated rings. The van der Waals surface area contributed by atoms with Crippen molar-refractivity contribution < 1.29 is 9.90 Å². The summed E-state index contributed by atoms with van der Waals surface area (Å²) in [6.45, 7) is 6.65. The molecule has 4 heteroatoms. The number of hydrogen-bond donors (Lipinski definition) is 1. The van der Waals surface area contributed by atoms with Gasteiger partial charge in [0.1, 0.15) is 0 Å². The molecule has 3 nitrogen and oxygen atoms in total. The van der Waals surface area contributed by atoms with Crippen LogP contribution in [0, 0.1) is 0 Å². The third-order valence-corrected chi connectivity index (χ3v) is 3.73. The van der Waals surface area contributed by atoms with Crippen molar-refractivity contribution in [1.82, 2.24) is 4.90 Å². The van der Waals surface area contributed by atoms with Crippen molar-refractivity contribution in [1.29, 1.82) is 0 Å². The minimum atomic E-state index is -0.753. The molecule has 14 heavy (non-hydrogen) atoms. The molecule has 1 aliphatic rings. The lowest BCUT2D eigenvalue weighted by Gasteiger charge is -2.25. The highest BCUT2D eigenvalue weighted by Gasteiger charge is 2.27. The average Bonchev–Trinajstić information content (AvgIpc) is 2.50. The molecule has 1 heterocycles. The van der Waals surface area contributed by atoms with E-state index in [1.807, 2.05) is 16.7 Å². The van der Waals surface area contributed by atoms with Gasteiger partial charge in [-0.05, 0) is 6.42 Å². The summed E-state index contributed by atoms with van der Waals surface area (Å²) in [6, 6.07) is 0.407. The minimum absolute atomic E-state index is 0.129. The van der Waals surface area contributed by atoms with Crippen LogP contribution in [0.3, 0.4) is 0 Å². The van der Waals surface area contributed by atoms with E-state index in [1.54, 1.807) is 6.08 Å². The predicted molar refractivity (Wildman–Crippen MR) is 59.7 cm³/mol. The molecule has 1 rings (SSSR count). The van der Waals surface area contributed by atoms with Crippen LogP contribution < -0.4 is 0 Å². The lowest BCUT2D eigenvalue weighted by atomic mass is 10.1. The third-order valence-electron chi connectivity index (χ3n) is 2.40. The van der Waals surface area contributed by atoms with Crippen LogP contribution in [0.15, 0.2) is 12.7 Å². The van der Waals surface area contributed by atoms with Crippen LogP contribution in [0.1, 0.15) is 13.3 Å². The fourth-order valence-corrected chi connectivity index (χ4v) is 2.99. The number of rotatable bonds is 5. The first-order valence-corrected chi connectivity index (χ1v) is 5.86. The zero-order chi connectivity index (χ0) is 10.6. The fourth-order valence-electron chi connectivity index (χ4n) is 1.73. The minimum Gasteiger partial charge on any atom is -0.480 e. The fraction of sp³-hybridized carbons (Fsp3) is 0.700. The Bertz CT molecular complexity index is 220. The van der Waals surface area contributed by atoms with E-state index in [0.29, 0.717) is 17.8 Å². The van der Waals surface area contributed by atoms with Gasteiger partial charge in [0.2, 0.25) is 0 Å². The Balaban J connectivity index is 2.48. The molecular weight excluding hydrogens is 198 g/mol. The summed E-state index contributed by atoms with van der Waals surface area (Å²) < 4.78 is 0. The maximum atomic E-state index is 10.6. The monoisotopic (exact) mass is 215 g/mol. The number of carboxylic acid groups (broad SMARTS) is 1. The van der Waals surface area contributed by atoms with Gasteiger partial charge in [-0.15, -0.1) is 6.58 Å². The van der Waals surface area contributed by atoms with Gasteiger partial charge in [0.25, 0.3) is 0 Å². The molecule has 0 aromatic carbocycles. The molecule has 0 aliphatic carbocycles. The number of thioether (sulfide) groups is 1. The summed E-state index contributed by atoms with van der Waals surface area (Å²) in [7, 11) is 0. The van der Waals surface area contributed by atoms with Gasteiger partial charge in [-0.1, -0.05) is 13.0 Å². The van der Waals surface area contributed by atoms with Crippen molar-refractivity contribution in [2.45, 2.75) is 24.6 Å². The summed E-state index contributed by atoms with van der Waals surface area (Å²) in [5.74, 6) is 0.291. The Hall–Kier alpha value is -0.480. The van der Waals surface area contributed by atoms with Crippen molar-refractivity contribution >= 4 is 17.7 Å². The Morgan fingerprint density at radius 1 is 1.79 bits per heavy atom. The van der Waals surface area contributed by atoms with Gasteiger partial charge in [0, 0.05) is 23.6 Å². The van der Waals surface area contributed by atoms with Crippen LogP contribution in [-0.2, 0) is 4.79 Å². The molecule has 2 unspecified atom stereocenters. The summed E-state index contributed by atoms with van der Waals surface area (Å²) in [5, 5.41) is 9.41. The molecule has 0 bridgehead atoms. The Morgan fingerprint density at radius 2 is 2.50 bits per heavy atom. The second-order valence-electron chi connectivity index (χ2n) is 3.65. The number of nitrogens with zero attached hydrogens (tertiary/aromatic N) is 1. The highest BCUT2D eigenvalue weighted by molar-refractivity contribution is 8.00. The second-order valence-corrected chi connectivity index (χ2v) is 5.12. The normalized spacial score (nSPS) is 26.7. The van der Waals surface area contributed by atoms with Gasteiger partial charge in [-0.2, -0.15) is 11.8 Å². The Kier molecular flexibility index (Phi) is 4.48. The first-order chi connectivity index (χ1) is 6.63. The lowest BCUT2D eigenvalue weighted by molar-refractivity contribution is -0.138. The molecule has 0 spiro atoms. The molecule has 0 aromatic rings. The van der Waals surface area contributed by atoms with Crippen LogP contribution >= 0.6 is 11.8 Å². The van der Waals surface area contributed by atoms with E-state index in [4.69, 9.17) is 5.11 Å². The summed E-state index contributed by atoms with van der Waals surface area (Å²) >= 11 is 1.92. The van der Waals surface area contributed by atoms with E-state index in [-0.39, 0.29) is 6.54 Å². The van der Waals surface area contributed by atoms with E-state index >= 15 is 0 Å². The van der Waals surface area contributed by atoms with Crippen molar-refractivity contribution in [3.63, 3.8) is 0 Å². The first-order valence-electron chi connectivity index (χ1n) is 4.81. The third kappa shape index (κ3) is 3.35. The Labute approximate surface area is 89.2 Å². The molecule has 2 atom stereocenters. The maximum absolute atomic E-state index is 10.6. The number of carbonyl (C=O) groups is 1. The van der Waals surface area contributed by atoms with Gasteiger partial charge < -0.3 is 5.11 Å². The smallest absolute Gasteiger partial charge is 0.317 e. The Morgan fingerprint density at radius 3 is 2.93 bits per heavy atom. The molecule has 0 radical (unpaired) electrons. The average molecular weight is 215 g/mol. The number of carboxylic acids is 1. The summed E-state index contributed by atoms with van der Waals surface area (Å²) in [4.78, 5) is 12.6. The van der Waals surface area contributed by atoms with Crippen molar-refractivity contribution in [3.8, 4) is 0 Å². The topological polar surface area (TPSA) is 40.5 Å². The van der Waals surface area contributed by atoms with Crippen LogP contribution in [-0.4, -0.2) is 46.1 Å². The van der Waals surface area contributed by atoms with Gasteiger partial charge in [0.05, 0.1) is 6.54 Å². The molecule has 0 amide bonds. The SMILES string of the molecule is C=CCN(CC(=O)O)C1CSC(C)C1. The quantitative estimate of drug-likeness (QED) is 0.705. The molecular formula is C10H17NO2S. The maximum Gasteiger partial charge on any atom is 0.317 e. The van der Waals surface area contributed by atoms with Crippen LogP contribution in [0.2, 0.25) is 0 Å². The molecule has 1 saturated heterocycles. The van der Waals surface area contributed by atoms with Crippen molar-refractivity contribution in [3.05, 3.63) is 12.7 Å². The van der Waals surface area contributed by atoms with E-state index in [1.165, 1.54) is 0 Å². The van der Waals surface area contributed by atoms with Gasteiger partial charge >= 0.3 is 5.97 Å². The van der Waals surface area contributed by atoms with Gasteiger partial charge in [-0.3, -0.25) is 9.69 Å². The van der Waals surface area contributed by atoms with Crippen LogP contribution in [0.5, 0.6) is 0 Å². The molecule has 1 aliphatic heterocycles. The van der Waals surface area contributed by atoms with Crippen LogP contribution in [0.4, 0.5) is 0 Å². The van der Waals surface area contributed by atoms with Crippen molar-refractivity contribution in [2.24, 2.45) is 0 Å². The zero-order valence-corrected chi connectivity index (χ0v) is 9.30. The summed E-state index contributed by atoms with van der Waals surface area (Å²) in [6.07, 6.45) is 2.86. The predicted octanol–water partition coefficient (Wildman–Crippen LogP) is 1.45. The standard InChI is InChI=1S/C10H17NO2S/c1-3-4-11(6-10(12)13)9-5-8(2)14-7-9/h3,8-9H,1,4-7H2,2H3,(H,12,13). The largest absolute Gasteiger partial charge is 0.480 e. The van der Waals surface area contributed by atoms with E-state index in [9.17, 15) is 4.79 Å². The zero-order valence-electron chi connectivity index (χ0n) is 8.48. The molecule has 1 N–H and O–H groups in total. The van der Waals surface area contributed by atoms with E-state index in [0.717, 1.165) is 12.2 Å². The number of aliphatic carboxylic acids is 1. The summed E-state index contributed by atoms with van der Waals surface area (Å²) in [5.41, 5.74) is 0. The highest BCUT2D eigenvalue weighted by atomic mass is 32.2. The second kappa shape index (κ2) is 5.41. The highest BCUT2D eigenvalue weighted by Crippen LogP contribution is 2.29. The lowest BCUT2D eigenvalue weighted by Crippen LogP contribution is -2.39. The van der Waals surface area contributed by atoms with Crippen molar-refractivity contribution in [2.75, 3.05) is 18.8 Å². The molecule has 80 valence electrons. The molecule has 0 aromatic heterocycles.